The SMILES string of the molecule is Cc1ccnc(Cl)c1B1OC(C)(C)C(C)(C)O1. The van der Waals surface area contributed by atoms with E-state index in [1.807, 2.05) is 40.7 Å². The van der Waals surface area contributed by atoms with Crippen molar-refractivity contribution in [2.24, 2.45) is 0 Å². The van der Waals surface area contributed by atoms with Crippen LogP contribution >= 0.6 is 11.6 Å². The first-order valence-electron chi connectivity index (χ1n) is 5.71. The fourth-order valence-corrected chi connectivity index (χ4v) is 2.08. The van der Waals surface area contributed by atoms with E-state index >= 15 is 0 Å². The highest BCUT2D eigenvalue weighted by Crippen LogP contribution is 2.37. The second-order valence-electron chi connectivity index (χ2n) is 5.42. The molecule has 5 heteroatoms. The molecule has 1 aromatic heterocycles. The second-order valence-corrected chi connectivity index (χ2v) is 5.78. The van der Waals surface area contributed by atoms with Gasteiger partial charge < -0.3 is 9.31 Å². The van der Waals surface area contributed by atoms with Gasteiger partial charge in [-0.15, -0.1) is 0 Å². The molecule has 0 radical (unpaired) electrons. The molecule has 1 aliphatic rings. The molecule has 0 amide bonds. The van der Waals surface area contributed by atoms with Crippen LogP contribution in [-0.2, 0) is 9.31 Å². The first-order chi connectivity index (χ1) is 7.74. The van der Waals surface area contributed by atoms with E-state index in [-0.39, 0.29) is 11.2 Å². The van der Waals surface area contributed by atoms with Gasteiger partial charge in [-0.3, -0.25) is 0 Å². The molecule has 0 bridgehead atoms. The molecule has 0 saturated carbocycles. The summed E-state index contributed by atoms with van der Waals surface area (Å²) in [5, 5.41) is 0.448. The summed E-state index contributed by atoms with van der Waals surface area (Å²) in [5.74, 6) is 0. The Kier molecular flexibility index (Phi) is 3.01. The average Bonchev–Trinajstić information content (AvgIpc) is 2.35. The Balaban J connectivity index is 2.39. The van der Waals surface area contributed by atoms with Crippen LogP contribution in [0.5, 0.6) is 0 Å². The highest BCUT2D eigenvalue weighted by atomic mass is 35.5. The maximum Gasteiger partial charge on any atom is 0.498 e. The van der Waals surface area contributed by atoms with E-state index in [0.29, 0.717) is 5.15 Å². The number of aryl methyl sites for hydroxylation is 1. The lowest BCUT2D eigenvalue weighted by molar-refractivity contribution is 0.00578. The number of hydrogen-bond acceptors (Lipinski definition) is 3. The largest absolute Gasteiger partial charge is 0.498 e. The molecule has 3 nitrogen and oxygen atoms in total. The van der Waals surface area contributed by atoms with Gasteiger partial charge in [0.2, 0.25) is 0 Å². The quantitative estimate of drug-likeness (QED) is 0.569. The van der Waals surface area contributed by atoms with Gasteiger partial charge in [0.05, 0.1) is 11.2 Å². The Morgan fingerprint density at radius 1 is 1.18 bits per heavy atom. The summed E-state index contributed by atoms with van der Waals surface area (Å²) in [6, 6.07) is 1.91. The fraction of sp³-hybridized carbons (Fsp3) is 0.583. The number of rotatable bonds is 1. The van der Waals surface area contributed by atoms with Crippen molar-refractivity contribution in [3.05, 3.63) is 23.0 Å². The van der Waals surface area contributed by atoms with Gasteiger partial charge in [0.25, 0.3) is 0 Å². The molecule has 0 aromatic carbocycles. The van der Waals surface area contributed by atoms with E-state index in [2.05, 4.69) is 4.98 Å². The van der Waals surface area contributed by atoms with E-state index in [1.54, 1.807) is 6.20 Å². The predicted molar refractivity (Wildman–Crippen MR) is 69.7 cm³/mol. The number of pyridine rings is 1. The zero-order valence-corrected chi connectivity index (χ0v) is 11.6. The minimum atomic E-state index is -0.443. The van der Waals surface area contributed by atoms with Crippen LogP contribution < -0.4 is 5.46 Å². The van der Waals surface area contributed by atoms with Gasteiger partial charge in [-0.2, -0.15) is 0 Å². The third-order valence-electron chi connectivity index (χ3n) is 3.65. The van der Waals surface area contributed by atoms with Crippen LogP contribution in [0.1, 0.15) is 33.3 Å². The lowest BCUT2D eigenvalue weighted by Gasteiger charge is -2.32. The van der Waals surface area contributed by atoms with Crippen LogP contribution in [0.15, 0.2) is 12.3 Å². The highest BCUT2D eigenvalue weighted by Gasteiger charge is 2.52. The first-order valence-corrected chi connectivity index (χ1v) is 6.09. The highest BCUT2D eigenvalue weighted by molar-refractivity contribution is 6.65. The Labute approximate surface area is 108 Å². The molecule has 0 unspecified atom stereocenters. The standard InChI is InChI=1S/C12H17BClNO2/c1-8-6-7-15-10(14)9(8)13-16-11(2,3)12(4,5)17-13/h6-7H,1-5H3. The van der Waals surface area contributed by atoms with E-state index in [0.717, 1.165) is 11.0 Å². The first kappa shape index (κ1) is 12.9. The zero-order valence-electron chi connectivity index (χ0n) is 10.9. The summed E-state index contributed by atoms with van der Waals surface area (Å²) >= 11 is 6.12. The Morgan fingerprint density at radius 2 is 1.71 bits per heavy atom. The molecular weight excluding hydrogens is 236 g/mol. The predicted octanol–water partition coefficient (Wildman–Crippen LogP) is 2.34. The molecule has 2 rings (SSSR count). The minimum absolute atomic E-state index is 0.358. The Morgan fingerprint density at radius 3 is 2.18 bits per heavy atom. The Bertz CT molecular complexity index is 412. The van der Waals surface area contributed by atoms with Gasteiger partial charge >= 0.3 is 7.12 Å². The van der Waals surface area contributed by atoms with Crippen LogP contribution in [-0.4, -0.2) is 23.3 Å². The molecule has 2 heterocycles. The Hall–Kier alpha value is -0.575. The molecule has 17 heavy (non-hydrogen) atoms. The number of aromatic nitrogens is 1. The molecular formula is C12H17BClNO2. The van der Waals surface area contributed by atoms with Crippen molar-refractivity contribution in [3.63, 3.8) is 0 Å². The maximum absolute atomic E-state index is 6.12. The lowest BCUT2D eigenvalue weighted by atomic mass is 9.77. The van der Waals surface area contributed by atoms with Crippen LogP contribution in [0, 0.1) is 6.92 Å². The van der Waals surface area contributed by atoms with Crippen molar-refractivity contribution in [1.82, 2.24) is 4.98 Å². The van der Waals surface area contributed by atoms with Gasteiger partial charge in [-0.05, 0) is 46.2 Å². The van der Waals surface area contributed by atoms with E-state index in [1.165, 1.54) is 0 Å². The van der Waals surface area contributed by atoms with Crippen molar-refractivity contribution in [2.45, 2.75) is 45.8 Å². The van der Waals surface area contributed by atoms with Crippen LogP contribution in [0.4, 0.5) is 0 Å². The van der Waals surface area contributed by atoms with Crippen LogP contribution in [0.25, 0.3) is 0 Å². The van der Waals surface area contributed by atoms with Crippen molar-refractivity contribution < 1.29 is 9.31 Å². The van der Waals surface area contributed by atoms with Gasteiger partial charge in [-0.25, -0.2) is 4.98 Å². The molecule has 0 N–H and O–H groups in total. The lowest BCUT2D eigenvalue weighted by Crippen LogP contribution is -2.41. The van der Waals surface area contributed by atoms with Crippen molar-refractivity contribution >= 4 is 24.2 Å². The summed E-state index contributed by atoms with van der Waals surface area (Å²) in [6.45, 7) is 10.1. The second kappa shape index (κ2) is 3.97. The normalized spacial score (nSPS) is 21.9. The van der Waals surface area contributed by atoms with Crippen molar-refractivity contribution in [3.8, 4) is 0 Å². The smallest absolute Gasteiger partial charge is 0.399 e. The van der Waals surface area contributed by atoms with Gasteiger partial charge in [0.1, 0.15) is 5.15 Å². The summed E-state index contributed by atoms with van der Waals surface area (Å²) in [4.78, 5) is 4.09. The van der Waals surface area contributed by atoms with Gasteiger partial charge in [-0.1, -0.05) is 11.6 Å². The summed E-state index contributed by atoms with van der Waals surface area (Å²) < 4.78 is 11.9. The molecule has 1 aliphatic heterocycles. The maximum atomic E-state index is 6.12. The third-order valence-corrected chi connectivity index (χ3v) is 3.95. The summed E-state index contributed by atoms with van der Waals surface area (Å²) in [7, 11) is -0.443. The molecule has 0 atom stereocenters. The third kappa shape index (κ3) is 2.10. The molecule has 1 aromatic rings. The van der Waals surface area contributed by atoms with Gasteiger partial charge in [0, 0.05) is 11.7 Å². The molecule has 1 saturated heterocycles. The molecule has 1 fully saturated rings. The molecule has 0 aliphatic carbocycles. The molecule has 0 spiro atoms. The fourth-order valence-electron chi connectivity index (χ4n) is 1.78. The average molecular weight is 254 g/mol. The van der Waals surface area contributed by atoms with Crippen molar-refractivity contribution in [1.29, 1.82) is 0 Å². The monoisotopic (exact) mass is 253 g/mol. The number of nitrogens with zero attached hydrogens (tertiary/aromatic N) is 1. The minimum Gasteiger partial charge on any atom is -0.399 e. The number of hydrogen-bond donors (Lipinski definition) is 0. The van der Waals surface area contributed by atoms with E-state index < -0.39 is 7.12 Å². The summed E-state index contributed by atoms with van der Waals surface area (Å²) in [6.07, 6.45) is 1.69. The number of halogens is 1. The van der Waals surface area contributed by atoms with Crippen LogP contribution in [0.3, 0.4) is 0 Å². The topological polar surface area (TPSA) is 31.4 Å². The van der Waals surface area contributed by atoms with Gasteiger partial charge in [0.15, 0.2) is 0 Å². The van der Waals surface area contributed by atoms with Crippen LogP contribution in [0.2, 0.25) is 5.15 Å². The van der Waals surface area contributed by atoms with E-state index in [9.17, 15) is 0 Å². The molecule has 92 valence electrons. The van der Waals surface area contributed by atoms with E-state index in [4.69, 9.17) is 20.9 Å². The van der Waals surface area contributed by atoms with Crippen molar-refractivity contribution in [2.75, 3.05) is 0 Å². The summed E-state index contributed by atoms with van der Waals surface area (Å²) in [5.41, 5.74) is 1.14. The zero-order chi connectivity index (χ0) is 12.8.